The van der Waals surface area contributed by atoms with E-state index in [4.69, 9.17) is 16.0 Å². The van der Waals surface area contributed by atoms with Crippen LogP contribution in [0.1, 0.15) is 19.6 Å². The minimum Gasteiger partial charge on any atom is -0.467 e. The van der Waals surface area contributed by atoms with Crippen LogP contribution in [0.3, 0.4) is 0 Å². The first kappa shape index (κ1) is 12.6. The van der Waals surface area contributed by atoms with E-state index in [2.05, 4.69) is 25.6 Å². The van der Waals surface area contributed by atoms with E-state index in [1.807, 2.05) is 26.0 Å². The summed E-state index contributed by atoms with van der Waals surface area (Å²) in [5, 5.41) is 6.24. The molecular formula is C11H14ClN5O. The number of rotatable bonds is 5. The van der Waals surface area contributed by atoms with Crippen molar-refractivity contribution in [2.24, 2.45) is 0 Å². The Hall–Kier alpha value is -1.82. The highest BCUT2D eigenvalue weighted by Crippen LogP contribution is 2.11. The first-order valence-corrected chi connectivity index (χ1v) is 5.95. The molecule has 0 bridgehead atoms. The summed E-state index contributed by atoms with van der Waals surface area (Å²) in [4.78, 5) is 12.2. The van der Waals surface area contributed by atoms with Gasteiger partial charge in [-0.1, -0.05) is 0 Å². The maximum absolute atomic E-state index is 5.83. The maximum atomic E-state index is 5.83. The number of halogens is 1. The third kappa shape index (κ3) is 3.59. The van der Waals surface area contributed by atoms with Crippen LogP contribution in [0.15, 0.2) is 22.8 Å². The van der Waals surface area contributed by atoms with Crippen LogP contribution in [0.2, 0.25) is 5.28 Å². The van der Waals surface area contributed by atoms with E-state index in [1.165, 1.54) is 0 Å². The minimum atomic E-state index is 0.148. The van der Waals surface area contributed by atoms with Crippen molar-refractivity contribution in [3.63, 3.8) is 0 Å². The Morgan fingerprint density at radius 3 is 2.72 bits per heavy atom. The Kier molecular flexibility index (Phi) is 3.99. The largest absolute Gasteiger partial charge is 0.467 e. The van der Waals surface area contributed by atoms with Crippen LogP contribution in [-0.4, -0.2) is 21.0 Å². The summed E-state index contributed by atoms with van der Waals surface area (Å²) < 4.78 is 5.20. The molecule has 2 rings (SSSR count). The van der Waals surface area contributed by atoms with Gasteiger partial charge in [-0.15, -0.1) is 0 Å². The highest BCUT2D eigenvalue weighted by Gasteiger charge is 2.06. The van der Waals surface area contributed by atoms with Gasteiger partial charge in [-0.05, 0) is 37.6 Å². The molecule has 2 aromatic rings. The van der Waals surface area contributed by atoms with Crippen LogP contribution in [0.5, 0.6) is 0 Å². The predicted molar refractivity (Wildman–Crippen MR) is 69.6 cm³/mol. The molecular weight excluding hydrogens is 254 g/mol. The molecule has 2 heterocycles. The van der Waals surface area contributed by atoms with E-state index in [9.17, 15) is 0 Å². The number of hydrogen-bond donors (Lipinski definition) is 2. The van der Waals surface area contributed by atoms with E-state index in [-0.39, 0.29) is 11.3 Å². The fourth-order valence-electron chi connectivity index (χ4n) is 1.33. The second-order valence-electron chi connectivity index (χ2n) is 3.98. The molecule has 0 fully saturated rings. The molecule has 18 heavy (non-hydrogen) atoms. The van der Waals surface area contributed by atoms with Crippen molar-refractivity contribution in [3.05, 3.63) is 29.4 Å². The van der Waals surface area contributed by atoms with Crippen molar-refractivity contribution in [3.8, 4) is 0 Å². The van der Waals surface area contributed by atoms with E-state index in [1.54, 1.807) is 6.26 Å². The van der Waals surface area contributed by atoms with Crippen LogP contribution >= 0.6 is 11.6 Å². The van der Waals surface area contributed by atoms with Crippen LogP contribution in [0, 0.1) is 0 Å². The zero-order valence-corrected chi connectivity index (χ0v) is 10.9. The molecule has 0 aromatic carbocycles. The number of nitrogens with one attached hydrogen (secondary N) is 2. The standard InChI is InChI=1S/C11H14ClN5O/c1-7(2)14-11-16-9(12)15-10(17-11)13-6-8-4-3-5-18-8/h3-5,7H,6H2,1-2H3,(H2,13,14,15,16,17). The fourth-order valence-corrected chi connectivity index (χ4v) is 1.49. The maximum Gasteiger partial charge on any atom is 0.229 e. The Labute approximate surface area is 110 Å². The second kappa shape index (κ2) is 5.68. The third-order valence-electron chi connectivity index (χ3n) is 2.03. The molecule has 0 spiro atoms. The zero-order valence-electron chi connectivity index (χ0n) is 10.1. The lowest BCUT2D eigenvalue weighted by atomic mass is 10.4. The lowest BCUT2D eigenvalue weighted by Gasteiger charge is -2.09. The Morgan fingerprint density at radius 1 is 1.28 bits per heavy atom. The van der Waals surface area contributed by atoms with Crippen molar-refractivity contribution in [2.45, 2.75) is 26.4 Å². The van der Waals surface area contributed by atoms with Crippen molar-refractivity contribution in [1.29, 1.82) is 0 Å². The monoisotopic (exact) mass is 267 g/mol. The number of aromatic nitrogens is 3. The lowest BCUT2D eigenvalue weighted by molar-refractivity contribution is 0.517. The summed E-state index contributed by atoms with van der Waals surface area (Å²) in [5.74, 6) is 1.66. The summed E-state index contributed by atoms with van der Waals surface area (Å²) >= 11 is 5.83. The molecule has 0 aliphatic rings. The second-order valence-corrected chi connectivity index (χ2v) is 4.32. The van der Waals surface area contributed by atoms with E-state index >= 15 is 0 Å². The summed E-state index contributed by atoms with van der Waals surface area (Å²) in [6.07, 6.45) is 1.61. The van der Waals surface area contributed by atoms with Gasteiger partial charge in [0.1, 0.15) is 5.76 Å². The summed E-state index contributed by atoms with van der Waals surface area (Å²) in [6.45, 7) is 4.48. The summed E-state index contributed by atoms with van der Waals surface area (Å²) in [6, 6.07) is 3.91. The van der Waals surface area contributed by atoms with Crippen molar-refractivity contribution >= 4 is 23.5 Å². The third-order valence-corrected chi connectivity index (χ3v) is 2.20. The molecule has 6 nitrogen and oxygen atoms in total. The number of nitrogens with zero attached hydrogens (tertiary/aromatic N) is 3. The van der Waals surface area contributed by atoms with Crippen molar-refractivity contribution < 1.29 is 4.42 Å². The average molecular weight is 268 g/mol. The molecule has 0 aliphatic heterocycles. The molecule has 0 saturated heterocycles. The molecule has 2 aromatic heterocycles. The smallest absolute Gasteiger partial charge is 0.229 e. The van der Waals surface area contributed by atoms with Gasteiger partial charge < -0.3 is 15.1 Å². The molecule has 2 N–H and O–H groups in total. The molecule has 0 aliphatic carbocycles. The fraction of sp³-hybridized carbons (Fsp3) is 0.364. The topological polar surface area (TPSA) is 75.9 Å². The Morgan fingerprint density at radius 2 is 2.06 bits per heavy atom. The first-order chi connectivity index (χ1) is 8.63. The molecule has 0 radical (unpaired) electrons. The van der Waals surface area contributed by atoms with E-state index in [0.717, 1.165) is 5.76 Å². The number of hydrogen-bond acceptors (Lipinski definition) is 6. The predicted octanol–water partition coefficient (Wildman–Crippen LogP) is 2.55. The number of anilines is 2. The molecule has 0 saturated carbocycles. The van der Waals surface area contributed by atoms with Gasteiger partial charge in [-0.2, -0.15) is 15.0 Å². The van der Waals surface area contributed by atoms with Crippen LogP contribution in [0.25, 0.3) is 0 Å². The quantitative estimate of drug-likeness (QED) is 0.867. The molecule has 0 unspecified atom stereocenters. The Balaban J connectivity index is 2.05. The summed E-state index contributed by atoms with van der Waals surface area (Å²) in [5.41, 5.74) is 0. The highest BCUT2D eigenvalue weighted by molar-refractivity contribution is 6.28. The summed E-state index contributed by atoms with van der Waals surface area (Å²) in [7, 11) is 0. The van der Waals surface area contributed by atoms with Gasteiger partial charge in [0.15, 0.2) is 0 Å². The van der Waals surface area contributed by atoms with Gasteiger partial charge in [-0.3, -0.25) is 0 Å². The van der Waals surface area contributed by atoms with Crippen LogP contribution in [0.4, 0.5) is 11.9 Å². The zero-order chi connectivity index (χ0) is 13.0. The molecule has 7 heteroatoms. The van der Waals surface area contributed by atoms with Gasteiger partial charge in [0, 0.05) is 6.04 Å². The molecule has 0 amide bonds. The van der Waals surface area contributed by atoms with Crippen LogP contribution < -0.4 is 10.6 Å². The van der Waals surface area contributed by atoms with Crippen LogP contribution in [-0.2, 0) is 6.54 Å². The first-order valence-electron chi connectivity index (χ1n) is 5.58. The van der Waals surface area contributed by atoms with Gasteiger partial charge >= 0.3 is 0 Å². The van der Waals surface area contributed by atoms with Crippen molar-refractivity contribution in [1.82, 2.24) is 15.0 Å². The highest BCUT2D eigenvalue weighted by atomic mass is 35.5. The van der Waals surface area contributed by atoms with Gasteiger partial charge in [0.25, 0.3) is 0 Å². The normalized spacial score (nSPS) is 10.7. The Bertz CT molecular complexity index is 500. The van der Waals surface area contributed by atoms with Gasteiger partial charge in [0.05, 0.1) is 12.8 Å². The molecule has 96 valence electrons. The number of furan rings is 1. The van der Waals surface area contributed by atoms with E-state index < -0.39 is 0 Å². The van der Waals surface area contributed by atoms with Crippen molar-refractivity contribution in [2.75, 3.05) is 10.6 Å². The van der Waals surface area contributed by atoms with Gasteiger partial charge in [0.2, 0.25) is 17.2 Å². The average Bonchev–Trinajstić information content (AvgIpc) is 2.77. The van der Waals surface area contributed by atoms with Gasteiger partial charge in [-0.25, -0.2) is 0 Å². The molecule has 0 atom stereocenters. The minimum absolute atomic E-state index is 0.148. The van der Waals surface area contributed by atoms with E-state index in [0.29, 0.717) is 18.4 Å². The lowest BCUT2D eigenvalue weighted by Crippen LogP contribution is -2.14. The SMILES string of the molecule is CC(C)Nc1nc(Cl)nc(NCc2ccco2)n1.